The largest absolute Gasteiger partial charge is 0.456 e. The normalized spacial score (nSPS) is 15.0. The first-order valence-electron chi connectivity index (χ1n) is 9.62. The zero-order valence-corrected chi connectivity index (χ0v) is 20.1. The van der Waals surface area contributed by atoms with Crippen LogP contribution in [0.1, 0.15) is 46.5 Å². The van der Waals surface area contributed by atoms with Crippen molar-refractivity contribution in [3.63, 3.8) is 0 Å². The summed E-state index contributed by atoms with van der Waals surface area (Å²) in [7, 11) is -3.24. The van der Waals surface area contributed by atoms with Gasteiger partial charge in [0.2, 0.25) is 0 Å². The van der Waals surface area contributed by atoms with Gasteiger partial charge in [-0.05, 0) is 66.1 Å². The van der Waals surface area contributed by atoms with Crippen molar-refractivity contribution < 1.29 is 9.05 Å². The van der Waals surface area contributed by atoms with Gasteiger partial charge in [0.25, 0.3) is 16.6 Å². The molecule has 0 bridgehead atoms. The summed E-state index contributed by atoms with van der Waals surface area (Å²) >= 11 is 0. The molecule has 5 nitrogen and oxygen atoms in total. The quantitative estimate of drug-likeness (QED) is 0.186. The van der Waals surface area contributed by atoms with Gasteiger partial charge in [0.05, 0.1) is 11.9 Å². The van der Waals surface area contributed by atoms with Crippen LogP contribution in [-0.2, 0) is 9.05 Å². The van der Waals surface area contributed by atoms with Gasteiger partial charge in [-0.25, -0.2) is 0 Å². The Morgan fingerprint density at radius 2 is 1.60 bits per heavy atom. The number of unbranched alkanes of at least 4 members (excludes halogenated alkanes) is 3. The van der Waals surface area contributed by atoms with Gasteiger partial charge in [0, 0.05) is 12.6 Å². The molecule has 0 amide bonds. The minimum absolute atomic E-state index is 0.218. The van der Waals surface area contributed by atoms with E-state index < -0.39 is 16.6 Å². The predicted octanol–water partition coefficient (Wildman–Crippen LogP) is 5.32. The van der Waals surface area contributed by atoms with Gasteiger partial charge in [-0.2, -0.15) is 0 Å². The highest BCUT2D eigenvalue weighted by Gasteiger charge is 2.18. The highest BCUT2D eigenvalue weighted by atomic mass is 28.4. The fraction of sp³-hybridized carbons (Fsp3) is 0.889. The summed E-state index contributed by atoms with van der Waals surface area (Å²) in [4.78, 5) is 2.40. The maximum absolute atomic E-state index is 5.69. The molecule has 1 unspecified atom stereocenters. The molecule has 0 aromatic carbocycles. The molecule has 0 spiro atoms. The smallest absolute Gasteiger partial charge is 0.278 e. The van der Waals surface area contributed by atoms with Crippen LogP contribution in [0, 0.1) is 0 Å². The average molecular weight is 388 g/mol. The van der Waals surface area contributed by atoms with Crippen LogP contribution < -0.4 is 0 Å². The van der Waals surface area contributed by atoms with Crippen LogP contribution in [0.5, 0.6) is 0 Å². The van der Waals surface area contributed by atoms with Crippen LogP contribution in [0.25, 0.3) is 0 Å². The minimum Gasteiger partial charge on any atom is -0.456 e. The standard InChI is InChI=1S/C18H41N3O2Si2/c1-10-11-12-13-14-21(16-17(2)20-23-25(7,8)9)18(3)15-19-22-24(4,5)6/h15,18H,10-14,16H2,1-9H3. The Labute approximate surface area is 158 Å². The van der Waals surface area contributed by atoms with Gasteiger partial charge < -0.3 is 9.05 Å². The summed E-state index contributed by atoms with van der Waals surface area (Å²) in [5, 5.41) is 8.58. The minimum atomic E-state index is -1.62. The molecule has 0 fully saturated rings. The molecule has 0 saturated carbocycles. The van der Waals surface area contributed by atoms with Crippen LogP contribution >= 0.6 is 0 Å². The average Bonchev–Trinajstić information content (AvgIpc) is 2.46. The third kappa shape index (κ3) is 15.3. The SMILES string of the molecule is CCCCCCN(CC(C)=NO[Si](C)(C)C)C(C)C=NO[Si](C)(C)C. The van der Waals surface area contributed by atoms with Crippen LogP contribution in [0.2, 0.25) is 39.3 Å². The second kappa shape index (κ2) is 11.9. The van der Waals surface area contributed by atoms with Crippen molar-refractivity contribution in [2.24, 2.45) is 10.3 Å². The lowest BCUT2D eigenvalue weighted by molar-refractivity contribution is 0.269. The van der Waals surface area contributed by atoms with E-state index in [0.29, 0.717) is 0 Å². The lowest BCUT2D eigenvalue weighted by atomic mass is 10.1. The van der Waals surface area contributed by atoms with Crippen molar-refractivity contribution in [1.29, 1.82) is 0 Å². The summed E-state index contributed by atoms with van der Waals surface area (Å²) in [5.41, 5.74) is 1.02. The Morgan fingerprint density at radius 1 is 1.00 bits per heavy atom. The van der Waals surface area contributed by atoms with Gasteiger partial charge in [0.15, 0.2) is 0 Å². The van der Waals surface area contributed by atoms with E-state index in [4.69, 9.17) is 9.05 Å². The first-order valence-corrected chi connectivity index (χ1v) is 16.4. The van der Waals surface area contributed by atoms with E-state index in [1.54, 1.807) is 0 Å². The third-order valence-corrected chi connectivity index (χ3v) is 4.68. The van der Waals surface area contributed by atoms with Crippen LogP contribution in [-0.4, -0.2) is 52.6 Å². The summed E-state index contributed by atoms with van der Waals surface area (Å²) in [6, 6.07) is 0.218. The topological polar surface area (TPSA) is 46.4 Å². The molecule has 0 aliphatic heterocycles. The Bertz CT molecular complexity index is 416. The number of rotatable bonds is 13. The zero-order chi connectivity index (χ0) is 19.5. The molecule has 0 heterocycles. The van der Waals surface area contributed by atoms with Crippen molar-refractivity contribution >= 4 is 28.6 Å². The molecule has 0 aromatic heterocycles. The first-order chi connectivity index (χ1) is 11.4. The molecule has 1 atom stereocenters. The van der Waals surface area contributed by atoms with Gasteiger partial charge >= 0.3 is 0 Å². The molecule has 7 heteroatoms. The molecule has 0 radical (unpaired) electrons. The summed E-state index contributed by atoms with van der Waals surface area (Å²) in [5.74, 6) is 0. The van der Waals surface area contributed by atoms with E-state index in [2.05, 4.69) is 68.3 Å². The highest BCUT2D eigenvalue weighted by Crippen LogP contribution is 2.08. The summed E-state index contributed by atoms with van der Waals surface area (Å²) in [6.07, 6.45) is 6.93. The Balaban J connectivity index is 4.77. The zero-order valence-electron chi connectivity index (χ0n) is 18.1. The van der Waals surface area contributed by atoms with Gasteiger partial charge in [-0.1, -0.05) is 26.2 Å². The van der Waals surface area contributed by atoms with Gasteiger partial charge in [-0.3, -0.25) is 4.90 Å². The Hall–Kier alpha value is -0.666. The first kappa shape index (κ1) is 24.3. The lowest BCUT2D eigenvalue weighted by Crippen LogP contribution is -2.39. The van der Waals surface area contributed by atoms with E-state index >= 15 is 0 Å². The van der Waals surface area contributed by atoms with Crippen LogP contribution in [0.3, 0.4) is 0 Å². The Kier molecular flexibility index (Phi) is 11.5. The highest BCUT2D eigenvalue weighted by molar-refractivity contribution is 6.70. The molecule has 148 valence electrons. The monoisotopic (exact) mass is 387 g/mol. The van der Waals surface area contributed by atoms with Crippen molar-refractivity contribution in [3.05, 3.63) is 0 Å². The van der Waals surface area contributed by atoms with E-state index in [0.717, 1.165) is 18.8 Å². The van der Waals surface area contributed by atoms with Crippen molar-refractivity contribution in [2.45, 2.75) is 91.8 Å². The van der Waals surface area contributed by atoms with Crippen molar-refractivity contribution in [1.82, 2.24) is 4.90 Å². The molecule has 0 N–H and O–H groups in total. The lowest BCUT2D eigenvalue weighted by Gasteiger charge is -2.27. The molecule has 0 aliphatic carbocycles. The molecule has 0 rings (SSSR count). The second-order valence-corrected chi connectivity index (χ2v) is 17.6. The molecule has 25 heavy (non-hydrogen) atoms. The number of oxime groups is 2. The summed E-state index contributed by atoms with van der Waals surface area (Å²) < 4.78 is 11.3. The number of hydrogen-bond donors (Lipinski definition) is 0. The maximum Gasteiger partial charge on any atom is 0.278 e. The Morgan fingerprint density at radius 3 is 2.12 bits per heavy atom. The van der Waals surface area contributed by atoms with E-state index in [1.807, 2.05) is 13.1 Å². The van der Waals surface area contributed by atoms with E-state index in [1.165, 1.54) is 25.7 Å². The summed E-state index contributed by atoms with van der Waals surface area (Å²) in [6.45, 7) is 21.2. The predicted molar refractivity (Wildman–Crippen MR) is 116 cm³/mol. The third-order valence-electron chi connectivity index (χ3n) is 3.39. The van der Waals surface area contributed by atoms with Gasteiger partial charge in [-0.15, -0.1) is 10.3 Å². The van der Waals surface area contributed by atoms with Crippen LogP contribution in [0.15, 0.2) is 10.3 Å². The van der Waals surface area contributed by atoms with E-state index in [-0.39, 0.29) is 6.04 Å². The molecule has 0 aromatic rings. The van der Waals surface area contributed by atoms with Crippen molar-refractivity contribution in [3.8, 4) is 0 Å². The molecular formula is C18H41N3O2Si2. The number of hydrogen-bond acceptors (Lipinski definition) is 5. The molecule has 0 saturated heterocycles. The second-order valence-electron chi connectivity index (χ2n) is 8.76. The van der Waals surface area contributed by atoms with Crippen LogP contribution in [0.4, 0.5) is 0 Å². The molecular weight excluding hydrogens is 346 g/mol. The van der Waals surface area contributed by atoms with Gasteiger partial charge in [0.1, 0.15) is 0 Å². The fourth-order valence-corrected chi connectivity index (χ4v) is 2.88. The maximum atomic E-state index is 5.69. The van der Waals surface area contributed by atoms with Crippen molar-refractivity contribution in [2.75, 3.05) is 13.1 Å². The number of nitrogens with zero attached hydrogens (tertiary/aromatic N) is 3. The molecule has 0 aliphatic rings. The van der Waals surface area contributed by atoms with E-state index in [9.17, 15) is 0 Å². The fourth-order valence-electron chi connectivity index (χ4n) is 2.08.